The Morgan fingerprint density at radius 1 is 1.11 bits per heavy atom. The fraction of sp³-hybridized carbons (Fsp3) is 0.667. The molecule has 0 aromatic heterocycles. The molecule has 6 nitrogen and oxygen atoms in total. The maximum absolute atomic E-state index is 12.9. The van der Waals surface area contributed by atoms with Crippen LogP contribution in [-0.4, -0.2) is 73.9 Å². The summed E-state index contributed by atoms with van der Waals surface area (Å²) in [4.78, 5) is 17.0. The number of rotatable bonds is 6. The van der Waals surface area contributed by atoms with Crippen LogP contribution in [0.25, 0.3) is 0 Å². The van der Waals surface area contributed by atoms with Crippen molar-refractivity contribution < 1.29 is 19.4 Å². The van der Waals surface area contributed by atoms with E-state index in [4.69, 9.17) is 9.47 Å². The number of amides is 1. The molecule has 1 atom stereocenters. The Bertz CT molecular complexity index is 623. The summed E-state index contributed by atoms with van der Waals surface area (Å²) in [6, 6.07) is 5.29. The second-order valence-corrected chi connectivity index (χ2v) is 7.62. The first-order chi connectivity index (χ1) is 13.1. The Balaban J connectivity index is 1.53. The number of aliphatic hydroxyl groups is 1. The topological polar surface area (TPSA) is 62.2 Å². The number of benzene rings is 1. The predicted octanol–water partition coefficient (Wildman–Crippen LogP) is 2.40. The summed E-state index contributed by atoms with van der Waals surface area (Å²) in [7, 11) is 3.16. The van der Waals surface area contributed by atoms with Crippen LogP contribution in [0.2, 0.25) is 0 Å². The van der Waals surface area contributed by atoms with E-state index in [1.807, 2.05) is 4.90 Å². The Morgan fingerprint density at radius 3 is 2.44 bits per heavy atom. The molecular formula is C21H32N2O4. The van der Waals surface area contributed by atoms with Crippen molar-refractivity contribution in [2.75, 3.05) is 46.9 Å². The van der Waals surface area contributed by atoms with Crippen LogP contribution in [0.4, 0.5) is 0 Å². The van der Waals surface area contributed by atoms with Crippen LogP contribution in [0.15, 0.2) is 18.2 Å². The molecule has 0 unspecified atom stereocenters. The minimum atomic E-state index is -0.241. The number of carbonyl (C=O) groups excluding carboxylic acids is 1. The summed E-state index contributed by atoms with van der Waals surface area (Å²) in [5.41, 5.74) is 0.564. The van der Waals surface area contributed by atoms with Crippen molar-refractivity contribution in [3.63, 3.8) is 0 Å². The minimum Gasteiger partial charge on any atom is -0.497 e. The molecule has 0 radical (unpaired) electrons. The third-order valence-corrected chi connectivity index (χ3v) is 5.94. The van der Waals surface area contributed by atoms with Gasteiger partial charge in [-0.1, -0.05) is 19.3 Å². The van der Waals surface area contributed by atoms with Gasteiger partial charge in [-0.15, -0.1) is 0 Å². The van der Waals surface area contributed by atoms with Gasteiger partial charge in [0, 0.05) is 38.8 Å². The SMILES string of the molecule is COc1ccc(C(=O)N2CCN(C[C@@H](O)C3CCCCC3)CC2)c(OC)c1. The van der Waals surface area contributed by atoms with Gasteiger partial charge >= 0.3 is 0 Å². The molecule has 1 aromatic rings. The number of nitrogens with zero attached hydrogens (tertiary/aromatic N) is 2. The van der Waals surface area contributed by atoms with E-state index < -0.39 is 0 Å². The van der Waals surface area contributed by atoms with Gasteiger partial charge in [-0.3, -0.25) is 9.69 Å². The summed E-state index contributed by atoms with van der Waals surface area (Å²) >= 11 is 0. The highest BCUT2D eigenvalue weighted by Gasteiger charge is 2.28. The Labute approximate surface area is 162 Å². The standard InChI is InChI=1S/C21H32N2O4/c1-26-17-8-9-18(20(14-17)27-2)21(25)23-12-10-22(11-13-23)15-19(24)16-6-4-3-5-7-16/h8-9,14,16,19,24H,3-7,10-13,15H2,1-2H3/t19-/m1/s1. The molecule has 6 heteroatoms. The lowest BCUT2D eigenvalue weighted by atomic mass is 9.85. The van der Waals surface area contributed by atoms with E-state index in [1.54, 1.807) is 32.4 Å². The molecule has 1 amide bonds. The molecule has 2 aliphatic rings. The number of β-amino-alcohol motifs (C(OH)–C–C–N with tert-alkyl or cyclic N) is 1. The highest BCUT2D eigenvalue weighted by Crippen LogP contribution is 2.28. The van der Waals surface area contributed by atoms with E-state index in [9.17, 15) is 9.90 Å². The van der Waals surface area contributed by atoms with Crippen molar-refractivity contribution in [2.24, 2.45) is 5.92 Å². The minimum absolute atomic E-state index is 0.0121. The molecule has 2 fully saturated rings. The zero-order valence-corrected chi connectivity index (χ0v) is 16.5. The average molecular weight is 376 g/mol. The second-order valence-electron chi connectivity index (χ2n) is 7.62. The van der Waals surface area contributed by atoms with E-state index in [1.165, 1.54) is 19.3 Å². The van der Waals surface area contributed by atoms with E-state index in [-0.39, 0.29) is 12.0 Å². The molecule has 1 N–H and O–H groups in total. The van der Waals surface area contributed by atoms with Crippen molar-refractivity contribution in [2.45, 2.75) is 38.2 Å². The molecule has 1 aromatic carbocycles. The number of piperazine rings is 1. The lowest BCUT2D eigenvalue weighted by molar-refractivity contribution is 0.0278. The Kier molecular flexibility index (Phi) is 6.96. The van der Waals surface area contributed by atoms with Gasteiger partial charge < -0.3 is 19.5 Å². The number of methoxy groups -OCH3 is 2. The number of hydrogen-bond acceptors (Lipinski definition) is 5. The number of carbonyl (C=O) groups is 1. The van der Waals surface area contributed by atoms with Crippen molar-refractivity contribution in [1.29, 1.82) is 0 Å². The smallest absolute Gasteiger partial charge is 0.257 e. The first-order valence-electron chi connectivity index (χ1n) is 10.0. The van der Waals surface area contributed by atoms with E-state index >= 15 is 0 Å². The van der Waals surface area contributed by atoms with Crippen LogP contribution in [0.3, 0.4) is 0 Å². The second kappa shape index (κ2) is 9.42. The van der Waals surface area contributed by atoms with Gasteiger partial charge in [0.15, 0.2) is 0 Å². The van der Waals surface area contributed by atoms with E-state index in [0.29, 0.717) is 36.1 Å². The van der Waals surface area contributed by atoms with Gasteiger partial charge in [0.1, 0.15) is 11.5 Å². The lowest BCUT2D eigenvalue weighted by Crippen LogP contribution is -2.51. The molecule has 3 rings (SSSR count). The van der Waals surface area contributed by atoms with Crippen LogP contribution in [0.1, 0.15) is 42.5 Å². The van der Waals surface area contributed by atoms with Gasteiger partial charge in [0.05, 0.1) is 25.9 Å². The summed E-state index contributed by atoms with van der Waals surface area (Å²) in [6.45, 7) is 3.66. The fourth-order valence-electron chi connectivity index (χ4n) is 4.21. The third-order valence-electron chi connectivity index (χ3n) is 5.94. The van der Waals surface area contributed by atoms with Crippen molar-refractivity contribution in [3.05, 3.63) is 23.8 Å². The molecule has 1 aliphatic heterocycles. The maximum Gasteiger partial charge on any atom is 0.257 e. The molecular weight excluding hydrogens is 344 g/mol. The summed E-state index contributed by atoms with van der Waals surface area (Å²) in [5.74, 6) is 1.64. The zero-order chi connectivity index (χ0) is 19.2. The Morgan fingerprint density at radius 2 is 1.81 bits per heavy atom. The van der Waals surface area contributed by atoms with Crippen LogP contribution in [0, 0.1) is 5.92 Å². The molecule has 1 aliphatic carbocycles. The normalized spacial score (nSPS) is 20.3. The van der Waals surface area contributed by atoms with Gasteiger partial charge in [-0.2, -0.15) is 0 Å². The van der Waals surface area contributed by atoms with Crippen molar-refractivity contribution in [1.82, 2.24) is 9.80 Å². The molecule has 1 saturated heterocycles. The van der Waals surface area contributed by atoms with Gasteiger partial charge in [-0.25, -0.2) is 0 Å². The monoisotopic (exact) mass is 376 g/mol. The summed E-state index contributed by atoms with van der Waals surface area (Å²) in [6.07, 6.45) is 5.85. The molecule has 0 bridgehead atoms. The van der Waals surface area contributed by atoms with Gasteiger partial charge in [0.2, 0.25) is 0 Å². The molecule has 1 heterocycles. The lowest BCUT2D eigenvalue weighted by Gasteiger charge is -2.37. The highest BCUT2D eigenvalue weighted by molar-refractivity contribution is 5.97. The van der Waals surface area contributed by atoms with E-state index in [2.05, 4.69) is 4.90 Å². The van der Waals surface area contributed by atoms with E-state index in [0.717, 1.165) is 32.5 Å². The van der Waals surface area contributed by atoms with Crippen LogP contribution in [0.5, 0.6) is 11.5 Å². The molecule has 150 valence electrons. The molecule has 27 heavy (non-hydrogen) atoms. The summed E-state index contributed by atoms with van der Waals surface area (Å²) in [5, 5.41) is 10.5. The highest BCUT2D eigenvalue weighted by atomic mass is 16.5. The molecule has 0 spiro atoms. The largest absolute Gasteiger partial charge is 0.497 e. The van der Waals surface area contributed by atoms with Crippen LogP contribution < -0.4 is 9.47 Å². The Hall–Kier alpha value is -1.79. The number of aliphatic hydroxyl groups excluding tert-OH is 1. The maximum atomic E-state index is 12.9. The van der Waals surface area contributed by atoms with Gasteiger partial charge in [0.25, 0.3) is 5.91 Å². The summed E-state index contributed by atoms with van der Waals surface area (Å²) < 4.78 is 10.6. The van der Waals surface area contributed by atoms with Crippen LogP contribution in [-0.2, 0) is 0 Å². The zero-order valence-electron chi connectivity index (χ0n) is 16.5. The molecule has 1 saturated carbocycles. The van der Waals surface area contributed by atoms with Gasteiger partial charge in [-0.05, 0) is 30.9 Å². The van der Waals surface area contributed by atoms with Crippen molar-refractivity contribution in [3.8, 4) is 11.5 Å². The predicted molar refractivity (Wildman–Crippen MR) is 104 cm³/mol. The number of hydrogen-bond donors (Lipinski definition) is 1. The number of ether oxygens (including phenoxy) is 2. The van der Waals surface area contributed by atoms with Crippen LogP contribution >= 0.6 is 0 Å². The fourth-order valence-corrected chi connectivity index (χ4v) is 4.21. The van der Waals surface area contributed by atoms with Crippen molar-refractivity contribution >= 4 is 5.91 Å². The third kappa shape index (κ3) is 4.93. The first kappa shape index (κ1) is 20.0. The first-order valence-corrected chi connectivity index (χ1v) is 10.0. The quantitative estimate of drug-likeness (QED) is 0.826. The average Bonchev–Trinajstić information content (AvgIpc) is 2.73.